The molecular weight excluding hydrogens is 362 g/mol. The van der Waals surface area contributed by atoms with E-state index in [2.05, 4.69) is 22.9 Å². The lowest BCUT2D eigenvalue weighted by molar-refractivity contribution is -0.119. The Morgan fingerprint density at radius 3 is 2.67 bits per heavy atom. The van der Waals surface area contributed by atoms with E-state index in [9.17, 15) is 9.59 Å². The van der Waals surface area contributed by atoms with Crippen molar-refractivity contribution in [2.75, 3.05) is 24.3 Å². The molecule has 7 heteroatoms. The minimum absolute atomic E-state index is 0.0198. The van der Waals surface area contributed by atoms with Gasteiger partial charge < -0.3 is 20.7 Å². The summed E-state index contributed by atoms with van der Waals surface area (Å²) in [5.74, 6) is 0.520. The molecule has 3 rings (SSSR count). The largest absolute Gasteiger partial charge is 0.482 e. The minimum atomic E-state index is -0.181. The average Bonchev–Trinajstić information content (AvgIpc) is 2.67. The summed E-state index contributed by atoms with van der Waals surface area (Å²) in [5, 5.41) is 8.76. The molecule has 1 aliphatic heterocycles. The molecule has 0 saturated heterocycles. The number of amides is 2. The number of rotatable bonds is 7. The van der Waals surface area contributed by atoms with Gasteiger partial charge >= 0.3 is 0 Å². The molecule has 1 heterocycles. The van der Waals surface area contributed by atoms with Gasteiger partial charge in [0.1, 0.15) is 5.75 Å². The van der Waals surface area contributed by atoms with Gasteiger partial charge in [-0.15, -0.1) is 0 Å². The number of carbonyl (C=O) groups is 2. The number of hydrogen-bond acceptors (Lipinski definition) is 5. The maximum atomic E-state index is 12.2. The number of benzene rings is 2. The molecule has 0 aliphatic carbocycles. The molecule has 142 valence electrons. The second kappa shape index (κ2) is 8.92. The Hall–Kier alpha value is -2.51. The Labute approximate surface area is 163 Å². The number of ether oxygens (including phenoxy) is 1. The molecule has 2 aromatic carbocycles. The molecule has 1 unspecified atom stereocenters. The maximum Gasteiger partial charge on any atom is 0.262 e. The van der Waals surface area contributed by atoms with Gasteiger partial charge in [0.15, 0.2) is 6.61 Å². The molecule has 0 fully saturated rings. The number of carbonyl (C=O) groups excluding carboxylic acids is 2. The van der Waals surface area contributed by atoms with Gasteiger partial charge in [-0.2, -0.15) is 0 Å². The van der Waals surface area contributed by atoms with E-state index in [0.717, 1.165) is 28.3 Å². The van der Waals surface area contributed by atoms with E-state index in [1.807, 2.05) is 42.5 Å². The highest BCUT2D eigenvalue weighted by Crippen LogP contribution is 2.35. The Morgan fingerprint density at radius 1 is 1.22 bits per heavy atom. The van der Waals surface area contributed by atoms with Crippen molar-refractivity contribution >= 4 is 35.0 Å². The number of fused-ring (bicyclic) bond motifs is 1. The Balaban J connectivity index is 1.62. The van der Waals surface area contributed by atoms with E-state index in [0.29, 0.717) is 11.4 Å². The van der Waals surface area contributed by atoms with Crippen LogP contribution < -0.4 is 20.7 Å². The topological polar surface area (TPSA) is 79.5 Å². The summed E-state index contributed by atoms with van der Waals surface area (Å²) in [6, 6.07) is 13.2. The lowest BCUT2D eigenvalue weighted by atomic mass is 10.1. The van der Waals surface area contributed by atoms with Gasteiger partial charge in [-0.25, -0.2) is 0 Å². The van der Waals surface area contributed by atoms with E-state index in [1.165, 1.54) is 0 Å². The first-order valence-electron chi connectivity index (χ1n) is 8.91. The lowest BCUT2D eigenvalue weighted by Crippen LogP contribution is -2.38. The number of likely N-dealkylation sites (N-methyl/N-ethyl adjacent to an activating group) is 1. The molecule has 0 bridgehead atoms. The quantitative estimate of drug-likeness (QED) is 0.680. The average molecular weight is 385 g/mol. The molecule has 2 amide bonds. The first-order chi connectivity index (χ1) is 13.1. The van der Waals surface area contributed by atoms with E-state index < -0.39 is 0 Å². The monoisotopic (exact) mass is 385 g/mol. The third kappa shape index (κ3) is 5.02. The summed E-state index contributed by atoms with van der Waals surface area (Å²) in [6.07, 6.45) is 1.75. The Bertz CT molecular complexity index is 824. The fraction of sp³-hybridized carbons (Fsp3) is 0.300. The van der Waals surface area contributed by atoms with Crippen LogP contribution in [-0.4, -0.2) is 31.5 Å². The van der Waals surface area contributed by atoms with Crippen molar-refractivity contribution in [1.82, 2.24) is 5.32 Å². The van der Waals surface area contributed by atoms with Crippen LogP contribution in [0.3, 0.4) is 0 Å². The van der Waals surface area contributed by atoms with E-state index in [1.54, 1.807) is 18.8 Å². The van der Waals surface area contributed by atoms with Crippen LogP contribution in [0.25, 0.3) is 0 Å². The summed E-state index contributed by atoms with van der Waals surface area (Å²) < 4.78 is 5.45. The molecule has 0 aromatic heterocycles. The first-order valence-corrected chi connectivity index (χ1v) is 9.73. The maximum absolute atomic E-state index is 12.2. The van der Waals surface area contributed by atoms with Gasteiger partial charge in [-0.3, -0.25) is 9.59 Å². The van der Waals surface area contributed by atoms with Crippen LogP contribution in [0.15, 0.2) is 52.3 Å². The van der Waals surface area contributed by atoms with E-state index >= 15 is 0 Å². The standard InChI is InChI=1S/C20H23N3O3S/c1-3-4-17(21-2)20(25)22-13-5-7-14(8-6-13)27-15-9-10-16-18(11-15)26-12-19(24)23-16/h5-11,17,21H,3-4,12H2,1-2H3,(H,22,25)(H,23,24). The Morgan fingerprint density at radius 2 is 1.96 bits per heavy atom. The van der Waals surface area contributed by atoms with Crippen LogP contribution >= 0.6 is 11.8 Å². The molecule has 2 aromatic rings. The van der Waals surface area contributed by atoms with Crippen molar-refractivity contribution < 1.29 is 14.3 Å². The normalized spacial score (nSPS) is 13.9. The third-order valence-corrected chi connectivity index (χ3v) is 5.18. The fourth-order valence-electron chi connectivity index (χ4n) is 2.79. The summed E-state index contributed by atoms with van der Waals surface area (Å²) >= 11 is 1.59. The zero-order chi connectivity index (χ0) is 19.2. The van der Waals surface area contributed by atoms with Crippen molar-refractivity contribution in [3.63, 3.8) is 0 Å². The van der Waals surface area contributed by atoms with Crippen molar-refractivity contribution in [2.45, 2.75) is 35.6 Å². The van der Waals surface area contributed by atoms with E-state index in [4.69, 9.17) is 4.74 Å². The van der Waals surface area contributed by atoms with Gasteiger partial charge in [0.05, 0.1) is 11.7 Å². The highest BCUT2D eigenvalue weighted by Gasteiger charge is 2.17. The SMILES string of the molecule is CCCC(NC)C(=O)Nc1ccc(Sc2ccc3c(c2)OCC(=O)N3)cc1. The molecule has 1 aliphatic rings. The van der Waals surface area contributed by atoms with Crippen LogP contribution in [-0.2, 0) is 9.59 Å². The smallest absolute Gasteiger partial charge is 0.262 e. The molecular formula is C20H23N3O3S. The van der Waals surface area contributed by atoms with Crippen molar-refractivity contribution in [1.29, 1.82) is 0 Å². The summed E-state index contributed by atoms with van der Waals surface area (Å²) in [7, 11) is 1.80. The first kappa shape index (κ1) is 19.3. The predicted octanol–water partition coefficient (Wildman–Crippen LogP) is 3.50. The highest BCUT2D eigenvalue weighted by atomic mass is 32.2. The summed E-state index contributed by atoms with van der Waals surface area (Å²) in [5.41, 5.74) is 1.47. The predicted molar refractivity (Wildman–Crippen MR) is 108 cm³/mol. The molecule has 6 nitrogen and oxygen atoms in total. The number of hydrogen-bond donors (Lipinski definition) is 3. The van der Waals surface area contributed by atoms with Gasteiger partial charge in [-0.05, 0) is 55.9 Å². The van der Waals surface area contributed by atoms with Gasteiger partial charge in [-0.1, -0.05) is 25.1 Å². The molecule has 0 saturated carbocycles. The molecule has 1 atom stereocenters. The molecule has 0 spiro atoms. The second-order valence-electron chi connectivity index (χ2n) is 6.24. The van der Waals surface area contributed by atoms with Crippen LogP contribution in [0.1, 0.15) is 19.8 Å². The van der Waals surface area contributed by atoms with Gasteiger partial charge in [0, 0.05) is 15.5 Å². The van der Waals surface area contributed by atoms with Gasteiger partial charge in [0.2, 0.25) is 5.91 Å². The van der Waals surface area contributed by atoms with Crippen molar-refractivity contribution in [3.8, 4) is 5.75 Å². The van der Waals surface area contributed by atoms with Crippen LogP contribution in [0.4, 0.5) is 11.4 Å². The summed E-state index contributed by atoms with van der Waals surface area (Å²) in [6.45, 7) is 2.10. The zero-order valence-corrected chi connectivity index (χ0v) is 16.2. The van der Waals surface area contributed by atoms with Crippen molar-refractivity contribution in [2.24, 2.45) is 0 Å². The molecule has 3 N–H and O–H groups in total. The number of nitrogens with one attached hydrogen (secondary N) is 3. The van der Waals surface area contributed by atoms with Crippen LogP contribution in [0, 0.1) is 0 Å². The third-order valence-electron chi connectivity index (χ3n) is 4.19. The van der Waals surface area contributed by atoms with Gasteiger partial charge in [0.25, 0.3) is 5.91 Å². The minimum Gasteiger partial charge on any atom is -0.482 e. The lowest BCUT2D eigenvalue weighted by Gasteiger charge is -2.18. The molecule has 27 heavy (non-hydrogen) atoms. The number of anilines is 2. The fourth-order valence-corrected chi connectivity index (χ4v) is 3.63. The zero-order valence-electron chi connectivity index (χ0n) is 15.4. The highest BCUT2D eigenvalue weighted by molar-refractivity contribution is 7.99. The Kier molecular flexibility index (Phi) is 6.36. The van der Waals surface area contributed by atoms with Crippen molar-refractivity contribution in [3.05, 3.63) is 42.5 Å². The molecule has 0 radical (unpaired) electrons. The van der Waals surface area contributed by atoms with E-state index in [-0.39, 0.29) is 24.5 Å². The van der Waals surface area contributed by atoms with Crippen LogP contribution in [0.5, 0.6) is 5.75 Å². The summed E-state index contributed by atoms with van der Waals surface area (Å²) in [4.78, 5) is 25.6. The van der Waals surface area contributed by atoms with Crippen LogP contribution in [0.2, 0.25) is 0 Å². The second-order valence-corrected chi connectivity index (χ2v) is 7.39.